The van der Waals surface area contributed by atoms with Crippen molar-refractivity contribution >= 4 is 10.8 Å². The molecule has 0 fully saturated rings. The van der Waals surface area contributed by atoms with Crippen LogP contribution in [0.4, 0.5) is 0 Å². The Morgan fingerprint density at radius 2 is 1.75 bits per heavy atom. The lowest BCUT2D eigenvalue weighted by Crippen LogP contribution is -2.03. The topological polar surface area (TPSA) is 18.5 Å². The average Bonchev–Trinajstić information content (AvgIpc) is 2.49. The van der Waals surface area contributed by atoms with Crippen LogP contribution in [-0.4, -0.2) is 13.2 Å². The molecule has 108 valence electrons. The fourth-order valence-electron chi connectivity index (χ4n) is 2.34. The molecule has 2 heteroatoms. The Bertz CT molecular complexity index is 548. The normalized spacial score (nSPS) is 12.6. The zero-order valence-corrected chi connectivity index (χ0v) is 12.7. The van der Waals surface area contributed by atoms with Crippen molar-refractivity contribution in [3.8, 4) is 5.75 Å². The van der Waals surface area contributed by atoms with Gasteiger partial charge in [-0.3, -0.25) is 0 Å². The summed E-state index contributed by atoms with van der Waals surface area (Å²) < 4.78 is 11.7. The van der Waals surface area contributed by atoms with Gasteiger partial charge < -0.3 is 9.47 Å². The first kappa shape index (κ1) is 14.9. The average molecular weight is 272 g/mol. The van der Waals surface area contributed by atoms with Crippen LogP contribution in [0.1, 0.15) is 45.3 Å². The summed E-state index contributed by atoms with van der Waals surface area (Å²) in [4.78, 5) is 0. The van der Waals surface area contributed by atoms with Gasteiger partial charge >= 0.3 is 0 Å². The molecule has 2 nitrogen and oxygen atoms in total. The molecule has 0 radical (unpaired) electrons. The largest absolute Gasteiger partial charge is 0.494 e. The number of hydrogen-bond donors (Lipinski definition) is 0. The predicted octanol–water partition coefficient (Wildman–Crippen LogP) is 5.12. The second-order valence-electron chi connectivity index (χ2n) is 5.10. The number of ether oxygens (including phenoxy) is 2. The van der Waals surface area contributed by atoms with E-state index in [-0.39, 0.29) is 6.10 Å². The third kappa shape index (κ3) is 3.51. The Morgan fingerprint density at radius 3 is 2.50 bits per heavy atom. The zero-order chi connectivity index (χ0) is 14.4. The molecule has 0 aromatic heterocycles. The van der Waals surface area contributed by atoms with Gasteiger partial charge in [-0.1, -0.05) is 38.1 Å². The summed E-state index contributed by atoms with van der Waals surface area (Å²) in [6, 6.07) is 12.7. The van der Waals surface area contributed by atoms with Gasteiger partial charge in [0.2, 0.25) is 0 Å². The van der Waals surface area contributed by atoms with Crippen molar-refractivity contribution in [1.82, 2.24) is 0 Å². The minimum atomic E-state index is 0.0880. The molecule has 0 aliphatic heterocycles. The van der Waals surface area contributed by atoms with E-state index in [4.69, 9.17) is 9.47 Å². The first-order valence-corrected chi connectivity index (χ1v) is 7.53. The predicted molar refractivity (Wildman–Crippen MR) is 84.4 cm³/mol. The van der Waals surface area contributed by atoms with E-state index in [9.17, 15) is 0 Å². The van der Waals surface area contributed by atoms with Crippen molar-refractivity contribution in [3.05, 3.63) is 42.0 Å². The van der Waals surface area contributed by atoms with Gasteiger partial charge in [0.25, 0.3) is 0 Å². The smallest absolute Gasteiger partial charge is 0.120 e. The SMILES string of the molecule is CCCOc1cc(C(C)OCCC)c2ccccc2c1. The van der Waals surface area contributed by atoms with E-state index in [1.807, 2.05) is 0 Å². The van der Waals surface area contributed by atoms with E-state index >= 15 is 0 Å². The number of fused-ring (bicyclic) bond motifs is 1. The highest BCUT2D eigenvalue weighted by Crippen LogP contribution is 2.31. The van der Waals surface area contributed by atoms with Crippen LogP contribution in [0, 0.1) is 0 Å². The molecular weight excluding hydrogens is 248 g/mol. The van der Waals surface area contributed by atoms with Gasteiger partial charge in [0.1, 0.15) is 5.75 Å². The van der Waals surface area contributed by atoms with Crippen LogP contribution in [0.2, 0.25) is 0 Å². The van der Waals surface area contributed by atoms with E-state index in [0.717, 1.165) is 31.8 Å². The molecule has 2 aromatic carbocycles. The molecule has 2 aromatic rings. The molecule has 0 aliphatic carbocycles. The number of rotatable bonds is 7. The third-order valence-electron chi connectivity index (χ3n) is 3.35. The van der Waals surface area contributed by atoms with Gasteiger partial charge in [-0.2, -0.15) is 0 Å². The van der Waals surface area contributed by atoms with Crippen molar-refractivity contribution in [3.63, 3.8) is 0 Å². The first-order chi connectivity index (χ1) is 9.76. The van der Waals surface area contributed by atoms with Crippen LogP contribution in [0.5, 0.6) is 5.75 Å². The highest BCUT2D eigenvalue weighted by Gasteiger charge is 2.12. The molecule has 0 saturated carbocycles. The summed E-state index contributed by atoms with van der Waals surface area (Å²) in [5.41, 5.74) is 1.21. The Kier molecular flexibility index (Phi) is 5.42. The Hall–Kier alpha value is -1.54. The Balaban J connectivity index is 2.38. The molecule has 0 N–H and O–H groups in total. The lowest BCUT2D eigenvalue weighted by molar-refractivity contribution is 0.0670. The van der Waals surface area contributed by atoms with Crippen LogP contribution in [0.25, 0.3) is 10.8 Å². The standard InChI is InChI=1S/C18H24O2/c1-4-10-19-14(3)18-13-16(20-11-5-2)12-15-8-6-7-9-17(15)18/h6-9,12-14H,4-5,10-11H2,1-3H3. The van der Waals surface area contributed by atoms with Crippen molar-refractivity contribution in [2.75, 3.05) is 13.2 Å². The van der Waals surface area contributed by atoms with Gasteiger partial charge in [0.05, 0.1) is 12.7 Å². The third-order valence-corrected chi connectivity index (χ3v) is 3.35. The summed E-state index contributed by atoms with van der Waals surface area (Å²) in [6.07, 6.45) is 2.14. The molecule has 2 rings (SSSR count). The summed E-state index contributed by atoms with van der Waals surface area (Å²) in [6.45, 7) is 7.90. The van der Waals surface area contributed by atoms with Gasteiger partial charge in [-0.05, 0) is 48.2 Å². The minimum Gasteiger partial charge on any atom is -0.494 e. The molecule has 0 saturated heterocycles. The molecular formula is C18H24O2. The first-order valence-electron chi connectivity index (χ1n) is 7.53. The summed E-state index contributed by atoms with van der Waals surface area (Å²) in [7, 11) is 0. The van der Waals surface area contributed by atoms with Crippen molar-refractivity contribution in [2.24, 2.45) is 0 Å². The van der Waals surface area contributed by atoms with Crippen molar-refractivity contribution < 1.29 is 9.47 Å². The maximum atomic E-state index is 5.89. The second-order valence-corrected chi connectivity index (χ2v) is 5.10. The minimum absolute atomic E-state index is 0.0880. The molecule has 0 spiro atoms. The van der Waals surface area contributed by atoms with Crippen LogP contribution >= 0.6 is 0 Å². The monoisotopic (exact) mass is 272 g/mol. The number of hydrogen-bond acceptors (Lipinski definition) is 2. The maximum Gasteiger partial charge on any atom is 0.120 e. The highest BCUT2D eigenvalue weighted by atomic mass is 16.5. The van der Waals surface area contributed by atoms with Gasteiger partial charge in [-0.15, -0.1) is 0 Å². The number of benzene rings is 2. The fourth-order valence-corrected chi connectivity index (χ4v) is 2.34. The zero-order valence-electron chi connectivity index (χ0n) is 12.7. The van der Waals surface area contributed by atoms with Crippen LogP contribution < -0.4 is 4.74 Å². The van der Waals surface area contributed by atoms with E-state index in [0.29, 0.717) is 0 Å². The lowest BCUT2D eigenvalue weighted by Gasteiger charge is -2.17. The molecule has 1 unspecified atom stereocenters. The van der Waals surface area contributed by atoms with Crippen LogP contribution in [0.3, 0.4) is 0 Å². The molecule has 0 heterocycles. The van der Waals surface area contributed by atoms with Crippen molar-refractivity contribution in [1.29, 1.82) is 0 Å². The molecule has 20 heavy (non-hydrogen) atoms. The van der Waals surface area contributed by atoms with E-state index in [1.165, 1.54) is 16.3 Å². The van der Waals surface area contributed by atoms with Crippen LogP contribution in [0.15, 0.2) is 36.4 Å². The van der Waals surface area contributed by atoms with E-state index < -0.39 is 0 Å². The van der Waals surface area contributed by atoms with Gasteiger partial charge in [0, 0.05) is 6.61 Å². The summed E-state index contributed by atoms with van der Waals surface area (Å²) >= 11 is 0. The molecule has 1 atom stereocenters. The highest BCUT2D eigenvalue weighted by molar-refractivity contribution is 5.87. The fraction of sp³-hybridized carbons (Fsp3) is 0.444. The van der Waals surface area contributed by atoms with E-state index in [1.54, 1.807) is 0 Å². The summed E-state index contributed by atoms with van der Waals surface area (Å²) in [5.74, 6) is 0.937. The quantitative estimate of drug-likeness (QED) is 0.696. The van der Waals surface area contributed by atoms with Gasteiger partial charge in [0.15, 0.2) is 0 Å². The lowest BCUT2D eigenvalue weighted by atomic mass is 10.0. The Labute approximate surface area is 121 Å². The maximum absolute atomic E-state index is 5.89. The molecule has 0 amide bonds. The molecule has 0 bridgehead atoms. The summed E-state index contributed by atoms with van der Waals surface area (Å²) in [5, 5.41) is 2.46. The second kappa shape index (κ2) is 7.30. The van der Waals surface area contributed by atoms with Gasteiger partial charge in [-0.25, -0.2) is 0 Å². The van der Waals surface area contributed by atoms with Crippen molar-refractivity contribution in [2.45, 2.75) is 39.7 Å². The van der Waals surface area contributed by atoms with E-state index in [2.05, 4.69) is 57.2 Å². The molecule has 0 aliphatic rings. The Morgan fingerprint density at radius 1 is 1.00 bits per heavy atom. The van der Waals surface area contributed by atoms with Crippen LogP contribution in [-0.2, 0) is 4.74 Å².